The highest BCUT2D eigenvalue weighted by molar-refractivity contribution is 5.94. The van der Waals surface area contributed by atoms with Crippen LogP contribution in [0.3, 0.4) is 0 Å². The highest BCUT2D eigenvalue weighted by Crippen LogP contribution is 2.15. The second-order valence-electron chi connectivity index (χ2n) is 5.35. The van der Waals surface area contributed by atoms with Gasteiger partial charge in [-0.2, -0.15) is 0 Å². The Labute approximate surface area is 130 Å². The maximum absolute atomic E-state index is 12.6. The number of likely N-dealkylation sites (N-methyl/N-ethyl adjacent to an activating group) is 1. The quantitative estimate of drug-likeness (QED) is 0.740. The number of aryl methyl sites for hydroxylation is 1. The fraction of sp³-hybridized carbons (Fsp3) is 0.222. The molecule has 4 heteroatoms. The van der Waals surface area contributed by atoms with Crippen molar-refractivity contribution in [1.29, 1.82) is 0 Å². The van der Waals surface area contributed by atoms with Crippen LogP contribution in [-0.2, 0) is 11.2 Å². The Bertz CT molecular complexity index is 792. The average molecular weight is 293 g/mol. The molecule has 22 heavy (non-hydrogen) atoms. The first-order valence-electron chi connectivity index (χ1n) is 7.47. The van der Waals surface area contributed by atoms with E-state index in [9.17, 15) is 4.79 Å². The smallest absolute Gasteiger partial charge is 0.233 e. The largest absolute Gasteiger partial charge is 0.312 e. The molecule has 0 aliphatic carbocycles. The summed E-state index contributed by atoms with van der Waals surface area (Å²) in [7, 11) is 0. The Balaban J connectivity index is 1.82. The average Bonchev–Trinajstić information content (AvgIpc) is 2.90. The molecule has 0 radical (unpaired) electrons. The van der Waals surface area contributed by atoms with Crippen molar-refractivity contribution in [2.75, 3.05) is 11.4 Å². The van der Waals surface area contributed by atoms with Crippen molar-refractivity contribution < 1.29 is 4.79 Å². The van der Waals surface area contributed by atoms with E-state index in [-0.39, 0.29) is 5.91 Å². The topological polar surface area (TPSA) is 37.6 Å². The number of anilines is 1. The van der Waals surface area contributed by atoms with Crippen LogP contribution in [0.25, 0.3) is 5.65 Å². The molecule has 0 saturated heterocycles. The summed E-state index contributed by atoms with van der Waals surface area (Å²) in [4.78, 5) is 18.9. The van der Waals surface area contributed by atoms with Crippen molar-refractivity contribution in [3.63, 3.8) is 0 Å². The first-order valence-corrected chi connectivity index (χ1v) is 7.47. The number of hydrogen-bond donors (Lipinski definition) is 0. The molecular formula is C18H19N3O. The van der Waals surface area contributed by atoms with E-state index >= 15 is 0 Å². The monoisotopic (exact) mass is 293 g/mol. The molecule has 112 valence electrons. The number of fused-ring (bicyclic) bond motifs is 1. The molecule has 2 aromatic heterocycles. The number of nitrogens with zero attached hydrogens (tertiary/aromatic N) is 3. The third-order valence-corrected chi connectivity index (χ3v) is 3.68. The number of benzene rings is 1. The Morgan fingerprint density at radius 3 is 2.73 bits per heavy atom. The van der Waals surface area contributed by atoms with E-state index in [1.807, 2.05) is 73.1 Å². The normalized spacial score (nSPS) is 10.8. The summed E-state index contributed by atoms with van der Waals surface area (Å²) in [6, 6.07) is 13.8. The summed E-state index contributed by atoms with van der Waals surface area (Å²) in [5.41, 5.74) is 3.76. The summed E-state index contributed by atoms with van der Waals surface area (Å²) in [6.45, 7) is 4.67. The molecule has 1 amide bonds. The molecule has 0 aliphatic heterocycles. The number of amides is 1. The van der Waals surface area contributed by atoms with E-state index in [0.717, 1.165) is 22.6 Å². The number of aromatic nitrogens is 2. The third kappa shape index (κ3) is 2.86. The highest BCUT2D eigenvalue weighted by atomic mass is 16.2. The summed E-state index contributed by atoms with van der Waals surface area (Å²) in [5, 5.41) is 0. The van der Waals surface area contributed by atoms with Gasteiger partial charge >= 0.3 is 0 Å². The second kappa shape index (κ2) is 6.02. The van der Waals surface area contributed by atoms with E-state index in [4.69, 9.17) is 0 Å². The minimum Gasteiger partial charge on any atom is -0.312 e. The molecule has 0 spiro atoms. The van der Waals surface area contributed by atoms with Gasteiger partial charge < -0.3 is 9.30 Å². The van der Waals surface area contributed by atoms with Gasteiger partial charge in [0.2, 0.25) is 5.91 Å². The van der Waals surface area contributed by atoms with Gasteiger partial charge in [0.15, 0.2) is 0 Å². The van der Waals surface area contributed by atoms with Crippen molar-refractivity contribution in [3.8, 4) is 0 Å². The van der Waals surface area contributed by atoms with E-state index in [1.165, 1.54) is 0 Å². The Kier molecular flexibility index (Phi) is 3.92. The van der Waals surface area contributed by atoms with Crippen LogP contribution in [0.15, 0.2) is 54.9 Å². The highest BCUT2D eigenvalue weighted by Gasteiger charge is 2.15. The number of pyridine rings is 1. The van der Waals surface area contributed by atoms with Crippen molar-refractivity contribution >= 4 is 17.2 Å². The van der Waals surface area contributed by atoms with Crippen molar-refractivity contribution in [1.82, 2.24) is 9.38 Å². The molecule has 0 bridgehead atoms. The zero-order valence-electron chi connectivity index (χ0n) is 12.9. The molecule has 4 nitrogen and oxygen atoms in total. The van der Waals surface area contributed by atoms with Crippen LogP contribution in [0, 0.1) is 6.92 Å². The molecule has 3 aromatic rings. The predicted octanol–water partition coefficient (Wildman–Crippen LogP) is 3.24. The molecule has 0 unspecified atom stereocenters. The fourth-order valence-corrected chi connectivity index (χ4v) is 2.58. The first-order chi connectivity index (χ1) is 10.7. The van der Waals surface area contributed by atoms with Gasteiger partial charge in [0, 0.05) is 24.6 Å². The number of carbonyl (C=O) groups is 1. The lowest BCUT2D eigenvalue weighted by Gasteiger charge is -2.20. The lowest BCUT2D eigenvalue weighted by molar-refractivity contribution is -0.118. The number of para-hydroxylation sites is 1. The van der Waals surface area contributed by atoms with Gasteiger partial charge in [-0.15, -0.1) is 0 Å². The van der Waals surface area contributed by atoms with Crippen molar-refractivity contribution in [3.05, 3.63) is 66.1 Å². The van der Waals surface area contributed by atoms with Crippen molar-refractivity contribution in [2.24, 2.45) is 0 Å². The SMILES string of the molecule is CCN(C(=O)Cc1cn2ccc(C)cc2n1)c1ccccc1. The number of imidazole rings is 1. The van der Waals surface area contributed by atoms with E-state index in [2.05, 4.69) is 4.98 Å². The molecule has 0 aliphatic rings. The molecule has 0 fully saturated rings. The minimum atomic E-state index is 0.0637. The van der Waals surface area contributed by atoms with E-state index < -0.39 is 0 Å². The van der Waals surface area contributed by atoms with Gasteiger partial charge in [-0.25, -0.2) is 4.98 Å². The summed E-state index contributed by atoms with van der Waals surface area (Å²) in [6.07, 6.45) is 4.20. The predicted molar refractivity (Wildman–Crippen MR) is 88.1 cm³/mol. The summed E-state index contributed by atoms with van der Waals surface area (Å²) < 4.78 is 1.95. The molecule has 2 heterocycles. The van der Waals surface area contributed by atoms with Crippen LogP contribution >= 0.6 is 0 Å². The lowest BCUT2D eigenvalue weighted by Crippen LogP contribution is -2.32. The Morgan fingerprint density at radius 2 is 2.00 bits per heavy atom. The van der Waals surface area contributed by atoms with Crippen LogP contribution in [0.1, 0.15) is 18.2 Å². The molecule has 0 atom stereocenters. The van der Waals surface area contributed by atoms with E-state index in [1.54, 1.807) is 4.90 Å². The number of carbonyl (C=O) groups excluding carboxylic acids is 1. The zero-order chi connectivity index (χ0) is 15.5. The van der Waals surface area contributed by atoms with Gasteiger partial charge in [0.1, 0.15) is 5.65 Å². The van der Waals surface area contributed by atoms with Crippen LogP contribution in [0.4, 0.5) is 5.69 Å². The van der Waals surface area contributed by atoms with Gasteiger partial charge in [0.05, 0.1) is 12.1 Å². The van der Waals surface area contributed by atoms with E-state index in [0.29, 0.717) is 13.0 Å². The standard InChI is InChI=1S/C18H19N3O/c1-3-21(16-7-5-4-6-8-16)18(22)12-15-13-20-10-9-14(2)11-17(20)19-15/h4-11,13H,3,12H2,1-2H3. The molecule has 0 saturated carbocycles. The molecule has 0 N–H and O–H groups in total. The maximum Gasteiger partial charge on any atom is 0.233 e. The molecule has 3 rings (SSSR count). The van der Waals surface area contributed by atoms with Crippen LogP contribution < -0.4 is 4.90 Å². The Morgan fingerprint density at radius 1 is 1.23 bits per heavy atom. The van der Waals surface area contributed by atoms with Gasteiger partial charge in [-0.05, 0) is 43.7 Å². The number of hydrogen-bond acceptors (Lipinski definition) is 2. The van der Waals surface area contributed by atoms with Gasteiger partial charge in [-0.3, -0.25) is 4.79 Å². The maximum atomic E-state index is 12.6. The van der Waals surface area contributed by atoms with Gasteiger partial charge in [0.25, 0.3) is 0 Å². The Hall–Kier alpha value is -2.62. The first kappa shape index (κ1) is 14.3. The van der Waals surface area contributed by atoms with Crippen LogP contribution in [0.2, 0.25) is 0 Å². The van der Waals surface area contributed by atoms with Crippen LogP contribution in [-0.4, -0.2) is 21.8 Å². The van der Waals surface area contributed by atoms with Gasteiger partial charge in [-0.1, -0.05) is 18.2 Å². The molecule has 1 aromatic carbocycles. The minimum absolute atomic E-state index is 0.0637. The fourth-order valence-electron chi connectivity index (χ4n) is 2.58. The molecular weight excluding hydrogens is 274 g/mol. The number of rotatable bonds is 4. The zero-order valence-corrected chi connectivity index (χ0v) is 12.9. The summed E-state index contributed by atoms with van der Waals surface area (Å²) >= 11 is 0. The summed E-state index contributed by atoms with van der Waals surface area (Å²) in [5.74, 6) is 0.0637. The van der Waals surface area contributed by atoms with Crippen LogP contribution in [0.5, 0.6) is 0 Å². The van der Waals surface area contributed by atoms with Crippen molar-refractivity contribution in [2.45, 2.75) is 20.3 Å². The second-order valence-corrected chi connectivity index (χ2v) is 5.35. The third-order valence-electron chi connectivity index (χ3n) is 3.68. The lowest BCUT2D eigenvalue weighted by atomic mass is 10.2.